The lowest BCUT2D eigenvalue weighted by Crippen LogP contribution is -2.13. The fourth-order valence-electron chi connectivity index (χ4n) is 1.78. The van der Waals surface area contributed by atoms with Gasteiger partial charge in [-0.25, -0.2) is 4.79 Å². The molecule has 2 rings (SSSR count). The van der Waals surface area contributed by atoms with Gasteiger partial charge < -0.3 is 9.47 Å². The Labute approximate surface area is 157 Å². The lowest BCUT2D eigenvalue weighted by atomic mass is 10.2. The van der Waals surface area contributed by atoms with Crippen LogP contribution in [0.15, 0.2) is 54.6 Å². The molecule has 0 aromatic heterocycles. The van der Waals surface area contributed by atoms with Gasteiger partial charge in [0.15, 0.2) is 0 Å². The molecule has 0 bridgehead atoms. The third kappa shape index (κ3) is 5.59. The number of carbonyl (C=O) groups excluding carboxylic acids is 1. The maximum atomic E-state index is 11.8. The van der Waals surface area contributed by atoms with E-state index in [-0.39, 0.29) is 11.4 Å². The largest absolute Gasteiger partial charge is 0.519 e. The molecular formula is C16H11NO5S3. The molecule has 0 heterocycles. The molecule has 6 nitrogen and oxygen atoms in total. The summed E-state index contributed by atoms with van der Waals surface area (Å²) < 4.78 is 10.0. The number of rotatable bonds is 6. The monoisotopic (exact) mass is 393 g/mol. The van der Waals surface area contributed by atoms with Crippen LogP contribution >= 0.6 is 34.7 Å². The van der Waals surface area contributed by atoms with Gasteiger partial charge in [-0.3, -0.25) is 10.1 Å². The molecule has 0 aliphatic rings. The fraction of sp³-hybridized carbons (Fsp3) is 0. The fourth-order valence-corrected chi connectivity index (χ4v) is 2.87. The van der Waals surface area contributed by atoms with Crippen molar-refractivity contribution in [3.05, 3.63) is 70.3 Å². The standard InChI is InChI=1S/C16H11NO5S3/c18-16(22-14-7-3-12(4-8-14)17(19)20)21-13-5-1-11(2-6-13)15(25-24)9-10-23/h1-10,24H/b15-9-. The van der Waals surface area contributed by atoms with Gasteiger partial charge in [-0.2, -0.15) is 0 Å². The van der Waals surface area contributed by atoms with E-state index >= 15 is 0 Å². The first-order valence-electron chi connectivity index (χ1n) is 6.75. The maximum Gasteiger partial charge on any atom is 0.519 e. The zero-order valence-electron chi connectivity index (χ0n) is 12.5. The van der Waals surface area contributed by atoms with Crippen molar-refractivity contribution in [2.24, 2.45) is 0 Å². The van der Waals surface area contributed by atoms with E-state index in [1.807, 2.05) is 0 Å². The molecule has 0 fully saturated rings. The number of nitrogens with zero attached hydrogens (tertiary/aromatic N) is 1. The highest BCUT2D eigenvalue weighted by molar-refractivity contribution is 8.72. The second-order valence-electron chi connectivity index (χ2n) is 4.49. The zero-order chi connectivity index (χ0) is 18.2. The summed E-state index contributed by atoms with van der Waals surface area (Å²) in [5.41, 5.74) is 0.774. The maximum absolute atomic E-state index is 11.8. The number of allylic oxidation sites excluding steroid dienone is 1. The summed E-state index contributed by atoms with van der Waals surface area (Å²) in [6.45, 7) is 0. The number of hydrogen-bond acceptors (Lipinski definition) is 8. The van der Waals surface area contributed by atoms with Crippen LogP contribution < -0.4 is 9.47 Å². The number of benzene rings is 2. The van der Waals surface area contributed by atoms with Crippen LogP contribution in [0, 0.1) is 10.1 Å². The van der Waals surface area contributed by atoms with Crippen molar-refractivity contribution in [3.8, 4) is 11.5 Å². The Kier molecular flexibility index (Phi) is 6.99. The minimum atomic E-state index is -0.945. The van der Waals surface area contributed by atoms with Crippen LogP contribution in [-0.4, -0.2) is 16.4 Å². The summed E-state index contributed by atoms with van der Waals surface area (Å²) >= 11 is 8.94. The van der Waals surface area contributed by atoms with Crippen molar-refractivity contribution in [3.63, 3.8) is 0 Å². The van der Waals surface area contributed by atoms with Crippen LogP contribution in [0.25, 0.3) is 4.91 Å². The van der Waals surface area contributed by atoms with E-state index in [0.29, 0.717) is 5.75 Å². The number of carbonyl (C=O) groups is 1. The van der Waals surface area contributed by atoms with Gasteiger partial charge in [0.05, 0.1) is 4.92 Å². The lowest BCUT2D eigenvalue weighted by Gasteiger charge is -2.07. The summed E-state index contributed by atoms with van der Waals surface area (Å²) in [7, 11) is 1.25. The first kappa shape index (κ1) is 19.0. The highest BCUT2D eigenvalue weighted by Gasteiger charge is 2.10. The minimum absolute atomic E-state index is 0.0986. The quantitative estimate of drug-likeness (QED) is 0.107. The van der Waals surface area contributed by atoms with Gasteiger partial charge >= 0.3 is 6.16 Å². The molecule has 25 heavy (non-hydrogen) atoms. The van der Waals surface area contributed by atoms with Crippen molar-refractivity contribution in [1.82, 2.24) is 0 Å². The van der Waals surface area contributed by atoms with Gasteiger partial charge in [0.25, 0.3) is 5.69 Å². The van der Waals surface area contributed by atoms with Crippen molar-refractivity contribution < 1.29 is 19.2 Å². The SMILES string of the molecule is O=C(Oc1ccc(/C(=C/C=S)SS)cc1)Oc1ccc([N+](=O)[O-])cc1. The van der Waals surface area contributed by atoms with E-state index in [1.165, 1.54) is 40.4 Å². The summed E-state index contributed by atoms with van der Waals surface area (Å²) in [5.74, 6) is 0.437. The molecule has 0 radical (unpaired) electrons. The molecular weight excluding hydrogens is 382 g/mol. The van der Waals surface area contributed by atoms with Crippen molar-refractivity contribution in [1.29, 1.82) is 0 Å². The van der Waals surface area contributed by atoms with Crippen LogP contribution in [0.3, 0.4) is 0 Å². The van der Waals surface area contributed by atoms with Gasteiger partial charge in [-0.15, -0.1) is 11.7 Å². The molecule has 0 aliphatic carbocycles. The molecule has 2 aromatic rings. The summed E-state index contributed by atoms with van der Waals surface area (Å²) in [5, 5.41) is 12.1. The Morgan fingerprint density at radius 3 is 2.04 bits per heavy atom. The van der Waals surface area contributed by atoms with Crippen molar-refractivity contribution in [2.45, 2.75) is 0 Å². The van der Waals surface area contributed by atoms with Crippen molar-refractivity contribution in [2.75, 3.05) is 0 Å². The number of thiocarbonyl (C=S) groups is 1. The zero-order valence-corrected chi connectivity index (χ0v) is 15.1. The predicted octanol–water partition coefficient (Wildman–Crippen LogP) is 5.09. The molecule has 0 saturated carbocycles. The van der Waals surface area contributed by atoms with Gasteiger partial charge in [0, 0.05) is 22.4 Å². The van der Waals surface area contributed by atoms with E-state index in [9.17, 15) is 14.9 Å². The Balaban J connectivity index is 1.99. The number of thiol groups is 1. The summed E-state index contributed by atoms with van der Waals surface area (Å²) in [4.78, 5) is 22.6. The van der Waals surface area contributed by atoms with Crippen molar-refractivity contribution >= 4 is 56.8 Å². The Morgan fingerprint density at radius 1 is 1.08 bits per heavy atom. The minimum Gasteiger partial charge on any atom is -0.395 e. The van der Waals surface area contributed by atoms with E-state index in [2.05, 4.69) is 11.7 Å². The number of nitro groups is 1. The molecule has 0 N–H and O–H groups in total. The second-order valence-corrected chi connectivity index (χ2v) is 5.93. The molecule has 9 heteroatoms. The Bertz CT molecular complexity index is 804. The van der Waals surface area contributed by atoms with Gasteiger partial charge in [-0.05, 0) is 35.9 Å². The van der Waals surface area contributed by atoms with E-state index in [4.69, 9.17) is 21.7 Å². The molecule has 0 unspecified atom stereocenters. The first-order valence-corrected chi connectivity index (χ1v) is 9.09. The molecule has 2 aromatic carbocycles. The second kappa shape index (κ2) is 9.21. The molecule has 0 aliphatic heterocycles. The van der Waals surface area contributed by atoms with E-state index < -0.39 is 11.1 Å². The Hall–Kier alpha value is -2.36. The number of hydrogen-bond donors (Lipinski definition) is 1. The average molecular weight is 393 g/mol. The molecule has 0 spiro atoms. The lowest BCUT2D eigenvalue weighted by molar-refractivity contribution is -0.384. The summed E-state index contributed by atoms with van der Waals surface area (Å²) in [6, 6.07) is 11.8. The number of nitro benzene ring substituents is 1. The van der Waals surface area contributed by atoms with E-state index in [1.54, 1.807) is 30.3 Å². The smallest absolute Gasteiger partial charge is 0.395 e. The number of non-ortho nitro benzene ring substituents is 1. The number of ether oxygens (including phenoxy) is 2. The van der Waals surface area contributed by atoms with E-state index in [0.717, 1.165) is 10.5 Å². The molecule has 0 saturated heterocycles. The van der Waals surface area contributed by atoms with Gasteiger partial charge in [0.2, 0.25) is 0 Å². The highest BCUT2D eigenvalue weighted by Crippen LogP contribution is 2.30. The third-order valence-corrected chi connectivity index (χ3v) is 4.20. The predicted molar refractivity (Wildman–Crippen MR) is 104 cm³/mol. The van der Waals surface area contributed by atoms with Gasteiger partial charge in [0.1, 0.15) is 11.5 Å². The van der Waals surface area contributed by atoms with Crippen LogP contribution in [-0.2, 0) is 0 Å². The van der Waals surface area contributed by atoms with Crippen LogP contribution in [0.5, 0.6) is 11.5 Å². The highest BCUT2D eigenvalue weighted by atomic mass is 33.1. The Morgan fingerprint density at radius 2 is 1.60 bits per heavy atom. The molecule has 0 amide bonds. The van der Waals surface area contributed by atoms with Crippen LogP contribution in [0.1, 0.15) is 5.56 Å². The van der Waals surface area contributed by atoms with Crippen LogP contribution in [0.4, 0.5) is 10.5 Å². The third-order valence-electron chi connectivity index (χ3n) is 2.91. The van der Waals surface area contributed by atoms with Crippen LogP contribution in [0.2, 0.25) is 0 Å². The normalized spacial score (nSPS) is 10.8. The average Bonchev–Trinajstić information content (AvgIpc) is 2.61. The molecule has 0 atom stereocenters. The molecule has 128 valence electrons. The first-order chi connectivity index (χ1) is 12.0. The topological polar surface area (TPSA) is 78.7 Å². The van der Waals surface area contributed by atoms with Gasteiger partial charge in [-0.1, -0.05) is 35.1 Å². The summed E-state index contributed by atoms with van der Waals surface area (Å²) in [6.07, 6.45) is 0.797.